The van der Waals surface area contributed by atoms with E-state index in [1.54, 1.807) is 37.4 Å². The van der Waals surface area contributed by atoms with Crippen LogP contribution in [0.25, 0.3) is 11.0 Å². The Morgan fingerprint density at radius 2 is 2.05 bits per heavy atom. The second-order valence-electron chi connectivity index (χ2n) is 10.3. The number of imidazole rings is 1. The van der Waals surface area contributed by atoms with E-state index < -0.39 is 30.1 Å². The number of aromatic nitrogens is 5. The van der Waals surface area contributed by atoms with Gasteiger partial charge < -0.3 is 15.2 Å². The van der Waals surface area contributed by atoms with Crippen molar-refractivity contribution >= 4 is 22.8 Å². The highest BCUT2D eigenvalue weighted by Crippen LogP contribution is 2.42. The number of aromatic amines is 2. The Kier molecular flexibility index (Phi) is 6.24. The van der Waals surface area contributed by atoms with Gasteiger partial charge in [-0.15, -0.1) is 0 Å². The molecule has 2 aromatic carbocycles. The summed E-state index contributed by atoms with van der Waals surface area (Å²) in [5.41, 5.74) is 2.81. The molecule has 2 aliphatic rings. The summed E-state index contributed by atoms with van der Waals surface area (Å²) < 4.78 is 31.1. The molecule has 12 heteroatoms. The fourth-order valence-corrected chi connectivity index (χ4v) is 5.42. The molecule has 3 heterocycles. The number of aryl methyl sites for hydroxylation is 1. The molecule has 2 aromatic heterocycles. The summed E-state index contributed by atoms with van der Waals surface area (Å²) in [7, 11) is 1.63. The Morgan fingerprint density at radius 3 is 2.77 bits per heavy atom. The Labute approximate surface area is 221 Å². The monoisotopic (exact) mass is 535 g/mol. The van der Waals surface area contributed by atoms with Crippen LogP contribution < -0.4 is 11.0 Å². The smallest absolute Gasteiger partial charge is 0.326 e. The first-order valence-electron chi connectivity index (χ1n) is 12.9. The number of H-pyrrole nitrogens is 2. The number of benzene rings is 2. The normalized spacial score (nSPS) is 19.9. The summed E-state index contributed by atoms with van der Waals surface area (Å²) in [6, 6.07) is 8.23. The number of nitrogens with one attached hydrogen (secondary N) is 3. The van der Waals surface area contributed by atoms with Crippen molar-refractivity contribution in [2.75, 3.05) is 6.54 Å². The summed E-state index contributed by atoms with van der Waals surface area (Å²) in [5, 5.41) is 12.9. The SMILES string of the molecule is Cn1c(=O)[nH]c2c([C@H](NC(=O)[C@@H]3C[C@@H](F)CN3C(=O)Cc3cn[nH]n3)c3ccc(C4CC4)c(F)c3)cccc21. The highest BCUT2D eigenvalue weighted by atomic mass is 19.1. The molecule has 1 saturated carbocycles. The van der Waals surface area contributed by atoms with Crippen LogP contribution in [0.5, 0.6) is 0 Å². The number of alkyl halides is 1. The average Bonchev–Trinajstić information content (AvgIpc) is 3.34. The maximum absolute atomic E-state index is 15.1. The van der Waals surface area contributed by atoms with Gasteiger partial charge in [0.05, 0.1) is 41.9 Å². The molecule has 3 N–H and O–H groups in total. The fourth-order valence-electron chi connectivity index (χ4n) is 5.42. The molecule has 39 heavy (non-hydrogen) atoms. The van der Waals surface area contributed by atoms with E-state index in [0.29, 0.717) is 33.4 Å². The molecule has 0 unspecified atom stereocenters. The van der Waals surface area contributed by atoms with Crippen molar-refractivity contribution in [3.63, 3.8) is 0 Å². The predicted molar refractivity (Wildman–Crippen MR) is 137 cm³/mol. The third kappa shape index (κ3) is 4.70. The fraction of sp³-hybridized carbons (Fsp3) is 0.370. The maximum atomic E-state index is 15.1. The first-order valence-corrected chi connectivity index (χ1v) is 12.9. The second-order valence-corrected chi connectivity index (χ2v) is 10.3. The van der Waals surface area contributed by atoms with Crippen molar-refractivity contribution in [1.29, 1.82) is 0 Å². The average molecular weight is 536 g/mol. The number of para-hydroxylation sites is 1. The zero-order valence-electron chi connectivity index (χ0n) is 21.2. The minimum Gasteiger partial charge on any atom is -0.343 e. The van der Waals surface area contributed by atoms with Gasteiger partial charge in [-0.3, -0.25) is 14.2 Å². The van der Waals surface area contributed by atoms with E-state index in [-0.39, 0.29) is 36.8 Å². The first-order chi connectivity index (χ1) is 18.8. The Balaban J connectivity index is 1.35. The molecule has 2 fully saturated rings. The third-order valence-corrected chi connectivity index (χ3v) is 7.62. The Hall–Kier alpha value is -4.35. The Morgan fingerprint density at radius 1 is 1.23 bits per heavy atom. The van der Waals surface area contributed by atoms with Gasteiger partial charge in [0.25, 0.3) is 0 Å². The van der Waals surface area contributed by atoms with Gasteiger partial charge in [-0.05, 0) is 42.0 Å². The van der Waals surface area contributed by atoms with Crippen LogP contribution in [0.1, 0.15) is 53.6 Å². The van der Waals surface area contributed by atoms with E-state index in [1.807, 2.05) is 0 Å². The summed E-state index contributed by atoms with van der Waals surface area (Å²) >= 11 is 0. The lowest BCUT2D eigenvalue weighted by Crippen LogP contribution is -2.47. The van der Waals surface area contributed by atoms with Crippen LogP contribution in [0.15, 0.2) is 47.4 Å². The second kappa shape index (κ2) is 9.75. The molecule has 2 amide bonds. The number of hydrogen-bond acceptors (Lipinski definition) is 5. The number of nitrogens with zero attached hydrogens (tertiary/aromatic N) is 4. The molecule has 1 aliphatic carbocycles. The van der Waals surface area contributed by atoms with Crippen LogP contribution in [-0.4, -0.2) is 60.4 Å². The van der Waals surface area contributed by atoms with Gasteiger partial charge in [-0.1, -0.05) is 24.3 Å². The lowest BCUT2D eigenvalue weighted by molar-refractivity contribution is -0.138. The summed E-state index contributed by atoms with van der Waals surface area (Å²) in [6.07, 6.45) is 1.60. The summed E-state index contributed by atoms with van der Waals surface area (Å²) in [6.45, 7) is -0.217. The lowest BCUT2D eigenvalue weighted by atomic mass is 9.95. The van der Waals surface area contributed by atoms with Crippen molar-refractivity contribution in [2.24, 2.45) is 7.05 Å². The maximum Gasteiger partial charge on any atom is 0.326 e. The number of hydrogen-bond donors (Lipinski definition) is 3. The predicted octanol–water partition coefficient (Wildman–Crippen LogP) is 2.39. The van der Waals surface area contributed by atoms with Crippen molar-refractivity contribution < 1.29 is 18.4 Å². The molecule has 1 aliphatic heterocycles. The molecule has 0 spiro atoms. The minimum atomic E-state index is -1.37. The van der Waals surface area contributed by atoms with Crippen LogP contribution in [-0.2, 0) is 23.1 Å². The lowest BCUT2D eigenvalue weighted by Gasteiger charge is -2.27. The van der Waals surface area contributed by atoms with Crippen LogP contribution in [0.3, 0.4) is 0 Å². The van der Waals surface area contributed by atoms with Gasteiger partial charge in [-0.25, -0.2) is 13.6 Å². The van der Waals surface area contributed by atoms with E-state index >= 15 is 4.39 Å². The Bertz CT molecular complexity index is 1610. The molecule has 10 nitrogen and oxygen atoms in total. The van der Waals surface area contributed by atoms with E-state index in [2.05, 4.69) is 25.7 Å². The van der Waals surface area contributed by atoms with Gasteiger partial charge in [0.2, 0.25) is 11.8 Å². The van der Waals surface area contributed by atoms with Gasteiger partial charge in [0, 0.05) is 19.0 Å². The standard InChI is InChI=1S/C27H27F2N7O3/c1-35-21-4-2-3-19(25(21)32-27(35)39)24(15-7-8-18(14-5-6-14)20(29)9-15)31-26(38)22-10-16(28)13-36(22)23(37)11-17-12-30-34-33-17/h2-4,7-9,12,14,16,22,24H,5-6,10-11,13H2,1H3,(H,31,38)(H,32,39)(H,30,33,34)/t16-,22+,24-/m1/s1. The number of carbonyl (C=O) groups excluding carboxylic acids is 2. The van der Waals surface area contributed by atoms with Crippen molar-refractivity contribution in [2.45, 2.75) is 49.9 Å². The van der Waals surface area contributed by atoms with Gasteiger partial charge in [0.1, 0.15) is 18.0 Å². The molecular weight excluding hydrogens is 508 g/mol. The number of rotatable bonds is 7. The molecule has 0 radical (unpaired) electrons. The highest BCUT2D eigenvalue weighted by molar-refractivity contribution is 5.90. The molecule has 0 bridgehead atoms. The molecule has 4 aromatic rings. The topological polar surface area (TPSA) is 129 Å². The quantitative estimate of drug-likeness (QED) is 0.335. The van der Waals surface area contributed by atoms with Crippen molar-refractivity contribution in [1.82, 2.24) is 35.2 Å². The highest BCUT2D eigenvalue weighted by Gasteiger charge is 2.41. The summed E-state index contributed by atoms with van der Waals surface area (Å²) in [5.74, 6) is -1.19. The molecule has 6 rings (SSSR count). The largest absolute Gasteiger partial charge is 0.343 e. The number of amides is 2. The van der Waals surface area contributed by atoms with E-state index in [4.69, 9.17) is 0 Å². The number of halogens is 2. The van der Waals surface area contributed by atoms with Gasteiger partial charge >= 0.3 is 5.69 Å². The van der Waals surface area contributed by atoms with E-state index in [0.717, 1.165) is 12.8 Å². The van der Waals surface area contributed by atoms with E-state index in [9.17, 15) is 18.8 Å². The third-order valence-electron chi connectivity index (χ3n) is 7.62. The molecule has 1 saturated heterocycles. The molecular formula is C27H27F2N7O3. The minimum absolute atomic E-state index is 0.130. The van der Waals surface area contributed by atoms with Gasteiger partial charge in [0.15, 0.2) is 0 Å². The number of likely N-dealkylation sites (tertiary alicyclic amines) is 1. The van der Waals surface area contributed by atoms with Crippen LogP contribution in [0, 0.1) is 5.82 Å². The molecule has 3 atom stereocenters. The number of fused-ring (bicyclic) bond motifs is 1. The van der Waals surface area contributed by atoms with E-state index in [1.165, 1.54) is 21.7 Å². The molecule has 202 valence electrons. The zero-order valence-corrected chi connectivity index (χ0v) is 21.2. The van der Waals surface area contributed by atoms with Crippen molar-refractivity contribution in [3.8, 4) is 0 Å². The van der Waals surface area contributed by atoms with Crippen molar-refractivity contribution in [3.05, 3.63) is 81.3 Å². The van der Waals surface area contributed by atoms with Crippen LogP contribution >= 0.6 is 0 Å². The number of carbonyl (C=O) groups is 2. The van der Waals surface area contributed by atoms with Crippen LogP contribution in [0.2, 0.25) is 0 Å². The zero-order chi connectivity index (χ0) is 27.3. The summed E-state index contributed by atoms with van der Waals surface area (Å²) in [4.78, 5) is 43.1. The first kappa shape index (κ1) is 25.0. The van der Waals surface area contributed by atoms with Gasteiger partial charge in [-0.2, -0.15) is 15.4 Å². The van der Waals surface area contributed by atoms with Crippen LogP contribution in [0.4, 0.5) is 8.78 Å².